The van der Waals surface area contributed by atoms with Gasteiger partial charge in [-0.2, -0.15) is 0 Å². The molecule has 1 atom stereocenters. The van der Waals surface area contributed by atoms with Crippen molar-refractivity contribution in [3.8, 4) is 0 Å². The third kappa shape index (κ3) is 4.55. The molecule has 0 saturated carbocycles. The van der Waals surface area contributed by atoms with Gasteiger partial charge in [0.1, 0.15) is 11.2 Å². The number of carbonyl (C=O) groups is 3. The second-order valence-electron chi connectivity index (χ2n) is 7.25. The molecule has 1 unspecified atom stereocenters. The number of hydrogen-bond donors (Lipinski definition) is 2. The van der Waals surface area contributed by atoms with Gasteiger partial charge in [-0.1, -0.05) is 20.8 Å². The number of aromatic nitrogens is 1. The summed E-state index contributed by atoms with van der Waals surface area (Å²) in [5.74, 6) is -0.541. The molecule has 1 aliphatic rings. The van der Waals surface area contributed by atoms with Crippen molar-refractivity contribution in [2.45, 2.75) is 52.5 Å². The number of esters is 1. The van der Waals surface area contributed by atoms with Gasteiger partial charge in [0.05, 0.1) is 12.7 Å². The minimum absolute atomic E-state index is 0.00415. The number of amidine groups is 1. The highest BCUT2D eigenvalue weighted by molar-refractivity contribution is 6.18. The molecule has 2 N–H and O–H groups in total. The minimum Gasteiger partial charge on any atom is -0.469 e. The Labute approximate surface area is 165 Å². The first-order valence-electron chi connectivity index (χ1n) is 9.48. The van der Waals surface area contributed by atoms with Crippen molar-refractivity contribution in [3.63, 3.8) is 0 Å². The maximum Gasteiger partial charge on any atom is 0.305 e. The predicted molar refractivity (Wildman–Crippen MR) is 105 cm³/mol. The first-order valence-corrected chi connectivity index (χ1v) is 9.48. The summed E-state index contributed by atoms with van der Waals surface area (Å²) < 4.78 is 4.59. The van der Waals surface area contributed by atoms with E-state index in [2.05, 4.69) is 25.3 Å². The number of nitrogens with one attached hydrogen (secondary N) is 2. The lowest BCUT2D eigenvalue weighted by molar-refractivity contribution is -0.140. The van der Waals surface area contributed by atoms with Gasteiger partial charge in [0.2, 0.25) is 0 Å². The Morgan fingerprint density at radius 1 is 1.36 bits per heavy atom. The van der Waals surface area contributed by atoms with E-state index in [9.17, 15) is 14.4 Å². The Balaban J connectivity index is 2.26. The molecule has 1 aromatic heterocycles. The lowest BCUT2D eigenvalue weighted by atomic mass is 9.89. The standard InChI is InChI=1S/C20H28N4O4/c1-6-13-10-14(18(26)21-9-7-8-15(25)28-5)16(22-11-13)17-23-19(27)20(4,24-17)12(2)3/h10-12H,6-9H2,1-5H3,(H,21,26)(H,23,24,27). The lowest BCUT2D eigenvalue weighted by Gasteiger charge is -2.21. The number of pyridine rings is 1. The molecule has 0 bridgehead atoms. The quantitative estimate of drug-likeness (QED) is 0.519. The maximum absolute atomic E-state index is 12.7. The van der Waals surface area contributed by atoms with Crippen molar-refractivity contribution in [3.05, 3.63) is 29.1 Å². The van der Waals surface area contributed by atoms with Gasteiger partial charge in [-0.25, -0.2) is 4.99 Å². The molecule has 1 aromatic rings. The number of carbonyl (C=O) groups excluding carboxylic acids is 3. The van der Waals surface area contributed by atoms with E-state index in [0.29, 0.717) is 30.1 Å². The van der Waals surface area contributed by atoms with E-state index >= 15 is 0 Å². The van der Waals surface area contributed by atoms with Crippen LogP contribution in [0.5, 0.6) is 0 Å². The Kier molecular flexibility index (Phi) is 6.88. The van der Waals surface area contributed by atoms with E-state index in [1.807, 2.05) is 20.8 Å². The van der Waals surface area contributed by atoms with Crippen molar-refractivity contribution in [2.24, 2.45) is 10.9 Å². The van der Waals surface area contributed by atoms with Gasteiger partial charge in [0, 0.05) is 19.2 Å². The summed E-state index contributed by atoms with van der Waals surface area (Å²) in [4.78, 5) is 45.3. The molecule has 8 heteroatoms. The fourth-order valence-corrected chi connectivity index (χ4v) is 2.74. The summed E-state index contributed by atoms with van der Waals surface area (Å²) in [6.45, 7) is 7.92. The van der Waals surface area contributed by atoms with Crippen LogP contribution in [0.15, 0.2) is 17.3 Å². The largest absolute Gasteiger partial charge is 0.469 e. The minimum atomic E-state index is -0.894. The number of methoxy groups -OCH3 is 1. The molecule has 0 aromatic carbocycles. The van der Waals surface area contributed by atoms with E-state index < -0.39 is 5.54 Å². The Bertz CT molecular complexity index is 803. The number of nitrogens with zero attached hydrogens (tertiary/aromatic N) is 2. The fraction of sp³-hybridized carbons (Fsp3) is 0.550. The molecule has 0 spiro atoms. The van der Waals surface area contributed by atoms with Crippen molar-refractivity contribution >= 4 is 23.6 Å². The van der Waals surface area contributed by atoms with Crippen LogP contribution < -0.4 is 10.6 Å². The zero-order valence-electron chi connectivity index (χ0n) is 17.1. The molecule has 0 saturated heterocycles. The molecule has 28 heavy (non-hydrogen) atoms. The van der Waals surface area contributed by atoms with Crippen molar-refractivity contribution < 1.29 is 19.1 Å². The average molecular weight is 388 g/mol. The second kappa shape index (κ2) is 8.95. The molecule has 1 aliphatic heterocycles. The van der Waals surface area contributed by atoms with Gasteiger partial charge in [-0.3, -0.25) is 19.4 Å². The second-order valence-corrected chi connectivity index (χ2v) is 7.25. The van der Waals surface area contributed by atoms with E-state index in [4.69, 9.17) is 0 Å². The van der Waals surface area contributed by atoms with E-state index in [1.165, 1.54) is 7.11 Å². The van der Waals surface area contributed by atoms with Gasteiger partial charge >= 0.3 is 5.97 Å². The van der Waals surface area contributed by atoms with Gasteiger partial charge in [-0.05, 0) is 37.3 Å². The van der Waals surface area contributed by atoms with E-state index in [0.717, 1.165) is 12.0 Å². The zero-order valence-corrected chi connectivity index (χ0v) is 17.1. The number of rotatable bonds is 8. The van der Waals surface area contributed by atoms with Crippen LogP contribution in [0.25, 0.3) is 0 Å². The third-order valence-corrected chi connectivity index (χ3v) is 5.05. The summed E-state index contributed by atoms with van der Waals surface area (Å²) >= 11 is 0. The summed E-state index contributed by atoms with van der Waals surface area (Å²) in [7, 11) is 1.33. The van der Waals surface area contributed by atoms with Crippen LogP contribution >= 0.6 is 0 Å². The van der Waals surface area contributed by atoms with Crippen molar-refractivity contribution in [2.75, 3.05) is 13.7 Å². The SMILES string of the molecule is CCc1cnc(C2=NC(C)(C(C)C)C(=O)N2)c(C(=O)NCCCC(=O)OC)c1. The first-order chi connectivity index (χ1) is 13.2. The monoisotopic (exact) mass is 388 g/mol. The van der Waals surface area contributed by atoms with Crippen LogP contribution in [0.3, 0.4) is 0 Å². The van der Waals surface area contributed by atoms with Gasteiger partial charge in [0.15, 0.2) is 5.84 Å². The highest BCUT2D eigenvalue weighted by Gasteiger charge is 2.43. The van der Waals surface area contributed by atoms with Crippen LogP contribution in [-0.4, -0.2) is 47.8 Å². The molecule has 2 heterocycles. The summed E-state index contributed by atoms with van der Waals surface area (Å²) in [6, 6.07) is 1.76. The molecular formula is C20H28N4O4. The summed E-state index contributed by atoms with van der Waals surface area (Å²) in [5, 5.41) is 5.57. The van der Waals surface area contributed by atoms with E-state index in [-0.39, 0.29) is 30.1 Å². The predicted octanol–water partition coefficient (Wildman–Crippen LogP) is 1.62. The summed E-state index contributed by atoms with van der Waals surface area (Å²) in [5.41, 5.74) is 0.708. The number of aryl methyl sites for hydroxylation is 1. The van der Waals surface area contributed by atoms with Crippen LogP contribution in [0.4, 0.5) is 0 Å². The van der Waals surface area contributed by atoms with Crippen LogP contribution in [0.1, 0.15) is 62.2 Å². The van der Waals surface area contributed by atoms with Gasteiger partial charge < -0.3 is 15.4 Å². The normalized spacial score (nSPS) is 18.6. The Morgan fingerprint density at radius 2 is 2.07 bits per heavy atom. The molecule has 2 rings (SSSR count). The molecule has 152 valence electrons. The molecule has 0 aliphatic carbocycles. The fourth-order valence-electron chi connectivity index (χ4n) is 2.74. The Morgan fingerprint density at radius 3 is 2.64 bits per heavy atom. The van der Waals surface area contributed by atoms with Crippen molar-refractivity contribution in [1.82, 2.24) is 15.6 Å². The molecular weight excluding hydrogens is 360 g/mol. The third-order valence-electron chi connectivity index (χ3n) is 5.05. The van der Waals surface area contributed by atoms with Crippen molar-refractivity contribution in [1.29, 1.82) is 0 Å². The lowest BCUT2D eigenvalue weighted by Crippen LogP contribution is -2.41. The topological polar surface area (TPSA) is 110 Å². The van der Waals surface area contributed by atoms with Gasteiger partial charge in [0.25, 0.3) is 11.8 Å². The first kappa shape index (κ1) is 21.5. The van der Waals surface area contributed by atoms with Crippen LogP contribution in [0.2, 0.25) is 0 Å². The highest BCUT2D eigenvalue weighted by atomic mass is 16.5. The van der Waals surface area contributed by atoms with Crippen LogP contribution in [0, 0.1) is 5.92 Å². The Hall–Kier alpha value is -2.77. The number of hydrogen-bond acceptors (Lipinski definition) is 6. The highest BCUT2D eigenvalue weighted by Crippen LogP contribution is 2.27. The number of amides is 2. The number of ether oxygens (including phenoxy) is 1. The van der Waals surface area contributed by atoms with Crippen LogP contribution in [-0.2, 0) is 20.7 Å². The van der Waals surface area contributed by atoms with Gasteiger partial charge in [-0.15, -0.1) is 0 Å². The molecule has 0 radical (unpaired) electrons. The maximum atomic E-state index is 12.7. The average Bonchev–Trinajstić information content (AvgIpc) is 3.00. The zero-order chi connectivity index (χ0) is 20.9. The number of aliphatic imine (C=N–C) groups is 1. The molecule has 8 nitrogen and oxygen atoms in total. The smallest absolute Gasteiger partial charge is 0.305 e. The summed E-state index contributed by atoms with van der Waals surface area (Å²) in [6.07, 6.45) is 3.10. The van der Waals surface area contributed by atoms with E-state index in [1.54, 1.807) is 19.2 Å². The molecule has 0 fully saturated rings. The molecule has 2 amide bonds.